The van der Waals surface area contributed by atoms with Crippen LogP contribution in [0.4, 0.5) is 26.1 Å². The first-order valence-corrected chi connectivity index (χ1v) is 11.2. The molecule has 1 spiro atoms. The molecule has 2 aliphatic heterocycles. The van der Waals surface area contributed by atoms with Crippen molar-refractivity contribution in [3.63, 3.8) is 0 Å². The predicted molar refractivity (Wildman–Crippen MR) is 116 cm³/mol. The number of hydrogen-bond acceptors (Lipinski definition) is 8. The number of hydrogen-bond donors (Lipinski definition) is 3. The summed E-state index contributed by atoms with van der Waals surface area (Å²) in [6, 6.07) is 4.42. The van der Waals surface area contributed by atoms with Gasteiger partial charge in [-0.2, -0.15) is 8.78 Å². The molecule has 168 valence electrons. The number of fused-ring (bicyclic) bond motifs is 1. The number of nitrogen functional groups attached to an aromatic ring is 1. The lowest BCUT2D eigenvalue weighted by molar-refractivity contribution is -0.139. The summed E-state index contributed by atoms with van der Waals surface area (Å²) in [5, 5.41) is 2.49. The van der Waals surface area contributed by atoms with Crippen LogP contribution in [0.25, 0.3) is 0 Å². The summed E-state index contributed by atoms with van der Waals surface area (Å²) in [4.78, 5) is 34.5. The van der Waals surface area contributed by atoms with Gasteiger partial charge in [-0.3, -0.25) is 9.59 Å². The minimum Gasteiger partial charge on any atom is -0.381 e. The molecular formula is C21H22F2N6O2S. The smallest absolute Gasteiger partial charge is 0.353 e. The molecule has 1 amide bonds. The highest BCUT2D eigenvalue weighted by Gasteiger charge is 2.50. The first-order valence-electron chi connectivity index (χ1n) is 10.3. The molecule has 2 fully saturated rings. The van der Waals surface area contributed by atoms with E-state index in [-0.39, 0.29) is 44.2 Å². The summed E-state index contributed by atoms with van der Waals surface area (Å²) in [7, 11) is 0. The third-order valence-electron chi connectivity index (χ3n) is 6.70. The third kappa shape index (κ3) is 3.30. The molecule has 1 saturated carbocycles. The second-order valence-corrected chi connectivity index (χ2v) is 9.63. The molecule has 0 radical (unpaired) electrons. The topological polar surface area (TPSA) is 127 Å². The highest BCUT2D eigenvalue weighted by Crippen LogP contribution is 2.48. The summed E-state index contributed by atoms with van der Waals surface area (Å²) >= 11 is 0.952. The maximum absolute atomic E-state index is 14.3. The van der Waals surface area contributed by atoms with Crippen LogP contribution in [-0.2, 0) is 15.5 Å². The van der Waals surface area contributed by atoms with Crippen LogP contribution in [0, 0.1) is 5.41 Å². The Morgan fingerprint density at radius 1 is 1.22 bits per heavy atom. The molecule has 32 heavy (non-hydrogen) atoms. The van der Waals surface area contributed by atoms with Crippen LogP contribution in [0.3, 0.4) is 0 Å². The number of benzene rings is 1. The number of nitrogens with zero attached hydrogens (tertiary/aromatic N) is 3. The van der Waals surface area contributed by atoms with Crippen molar-refractivity contribution in [2.45, 2.75) is 47.6 Å². The van der Waals surface area contributed by atoms with E-state index in [0.29, 0.717) is 31.7 Å². The molecule has 8 nitrogen and oxygen atoms in total. The Kier molecular flexibility index (Phi) is 4.86. The van der Waals surface area contributed by atoms with Gasteiger partial charge in [-0.1, -0.05) is 17.8 Å². The average Bonchev–Trinajstić information content (AvgIpc) is 3.15. The van der Waals surface area contributed by atoms with Gasteiger partial charge in [0.15, 0.2) is 5.82 Å². The standard InChI is InChI=1S/C21H22F2N6O2S/c22-21(23)16-12(27-19(21)31)2-1-3-13(16)32-18-17(25)28-15(10-26-18)29-6-4-20(5-7-29)9-11(30)8-14(20)24/h1-3,10,14H,4-9,24H2,(H2,25,28)(H,27,31)/t14-/m0/s1. The van der Waals surface area contributed by atoms with E-state index < -0.39 is 11.8 Å². The lowest BCUT2D eigenvalue weighted by atomic mass is 9.74. The van der Waals surface area contributed by atoms with Gasteiger partial charge >= 0.3 is 5.92 Å². The average molecular weight is 461 g/mol. The van der Waals surface area contributed by atoms with Crippen molar-refractivity contribution >= 4 is 40.8 Å². The molecule has 1 atom stereocenters. The van der Waals surface area contributed by atoms with Gasteiger partial charge in [0.25, 0.3) is 5.91 Å². The largest absolute Gasteiger partial charge is 0.381 e. The number of ketones is 1. The Hall–Kier alpha value is -2.79. The zero-order chi connectivity index (χ0) is 22.7. The Morgan fingerprint density at radius 3 is 2.62 bits per heavy atom. The number of piperidine rings is 1. The van der Waals surface area contributed by atoms with Crippen molar-refractivity contribution in [2.24, 2.45) is 11.1 Å². The Labute approximate surface area is 187 Å². The molecule has 2 aromatic rings. The SMILES string of the molecule is Nc1nc(N2CCC3(CC2)CC(=O)C[C@@H]3N)cnc1Sc1cccc2c1C(F)(F)C(=O)N2. The van der Waals surface area contributed by atoms with Gasteiger partial charge < -0.3 is 21.7 Å². The van der Waals surface area contributed by atoms with E-state index in [1.165, 1.54) is 12.1 Å². The van der Waals surface area contributed by atoms with Gasteiger partial charge in [0, 0.05) is 36.9 Å². The van der Waals surface area contributed by atoms with Crippen LogP contribution < -0.4 is 21.7 Å². The second-order valence-electron chi connectivity index (χ2n) is 8.60. The molecule has 3 aliphatic rings. The van der Waals surface area contributed by atoms with Gasteiger partial charge in [0.05, 0.1) is 17.4 Å². The number of anilines is 3. The van der Waals surface area contributed by atoms with Crippen molar-refractivity contribution in [1.82, 2.24) is 9.97 Å². The quantitative estimate of drug-likeness (QED) is 0.638. The lowest BCUT2D eigenvalue weighted by Crippen LogP contribution is -2.47. The number of carbonyl (C=O) groups is 2. The van der Waals surface area contributed by atoms with Crippen LogP contribution in [0.2, 0.25) is 0 Å². The highest BCUT2D eigenvalue weighted by atomic mass is 32.2. The molecule has 0 bridgehead atoms. The highest BCUT2D eigenvalue weighted by molar-refractivity contribution is 7.99. The number of alkyl halides is 2. The fraction of sp³-hybridized carbons (Fsp3) is 0.429. The number of carbonyl (C=O) groups excluding carboxylic acids is 2. The van der Waals surface area contributed by atoms with Crippen molar-refractivity contribution in [2.75, 3.05) is 29.0 Å². The van der Waals surface area contributed by atoms with E-state index in [1.54, 1.807) is 12.3 Å². The number of nitrogens with two attached hydrogens (primary N) is 2. The summed E-state index contributed by atoms with van der Waals surface area (Å²) in [5.74, 6) is -4.01. The molecule has 1 saturated heterocycles. The van der Waals surface area contributed by atoms with Crippen LogP contribution in [0.5, 0.6) is 0 Å². The molecule has 0 unspecified atom stereocenters. The Morgan fingerprint density at radius 2 is 1.97 bits per heavy atom. The molecule has 1 aromatic carbocycles. The summed E-state index contributed by atoms with van der Waals surface area (Å²) in [6.07, 6.45) is 4.15. The number of aromatic nitrogens is 2. The molecule has 11 heteroatoms. The van der Waals surface area contributed by atoms with Crippen LogP contribution in [0.15, 0.2) is 34.3 Å². The monoisotopic (exact) mass is 460 g/mol. The first kappa shape index (κ1) is 21.1. The molecule has 1 aromatic heterocycles. The van der Waals surface area contributed by atoms with E-state index in [9.17, 15) is 18.4 Å². The maximum atomic E-state index is 14.3. The van der Waals surface area contributed by atoms with Crippen molar-refractivity contribution in [1.29, 1.82) is 0 Å². The maximum Gasteiger partial charge on any atom is 0.353 e. The van der Waals surface area contributed by atoms with Crippen molar-refractivity contribution < 1.29 is 18.4 Å². The van der Waals surface area contributed by atoms with E-state index in [2.05, 4.69) is 20.2 Å². The normalized spacial score (nSPS) is 23.5. The summed E-state index contributed by atoms with van der Waals surface area (Å²) in [5.41, 5.74) is 11.9. The molecule has 3 heterocycles. The zero-order valence-electron chi connectivity index (χ0n) is 17.1. The Bertz CT molecular complexity index is 1120. The molecular weight excluding hydrogens is 438 g/mol. The minimum absolute atomic E-state index is 0.0824. The molecule has 1 aliphatic carbocycles. The zero-order valence-corrected chi connectivity index (χ0v) is 17.9. The van der Waals surface area contributed by atoms with E-state index in [1.807, 2.05) is 0 Å². The summed E-state index contributed by atoms with van der Waals surface area (Å²) < 4.78 is 28.7. The number of Topliss-reactive ketones (excluding diaryl/α,β-unsaturated/α-hetero) is 1. The number of amides is 1. The van der Waals surface area contributed by atoms with E-state index in [0.717, 1.165) is 24.6 Å². The molecule has 5 N–H and O–H groups in total. The van der Waals surface area contributed by atoms with Crippen molar-refractivity contribution in [3.8, 4) is 0 Å². The van der Waals surface area contributed by atoms with Crippen LogP contribution in [0.1, 0.15) is 31.2 Å². The minimum atomic E-state index is -3.62. The summed E-state index contributed by atoms with van der Waals surface area (Å²) in [6.45, 7) is 1.38. The first-order chi connectivity index (χ1) is 15.2. The van der Waals surface area contributed by atoms with Crippen molar-refractivity contribution in [3.05, 3.63) is 30.0 Å². The van der Waals surface area contributed by atoms with Crippen LogP contribution in [-0.4, -0.2) is 40.8 Å². The van der Waals surface area contributed by atoms with E-state index in [4.69, 9.17) is 11.5 Å². The van der Waals surface area contributed by atoms with Gasteiger partial charge in [-0.05, 0) is 30.4 Å². The third-order valence-corrected chi connectivity index (χ3v) is 7.77. The van der Waals surface area contributed by atoms with E-state index >= 15 is 0 Å². The number of rotatable bonds is 3. The fourth-order valence-electron chi connectivity index (χ4n) is 4.86. The molecule has 5 rings (SSSR count). The number of halogens is 2. The fourth-order valence-corrected chi connectivity index (χ4v) is 5.81. The number of nitrogens with one attached hydrogen (secondary N) is 1. The van der Waals surface area contributed by atoms with Gasteiger partial charge in [-0.25, -0.2) is 9.97 Å². The Balaban J connectivity index is 1.33. The second kappa shape index (κ2) is 7.38. The predicted octanol–water partition coefficient (Wildman–Crippen LogP) is 2.53. The van der Waals surface area contributed by atoms with Gasteiger partial charge in [0.2, 0.25) is 0 Å². The van der Waals surface area contributed by atoms with Gasteiger partial charge in [-0.15, -0.1) is 0 Å². The lowest BCUT2D eigenvalue weighted by Gasteiger charge is -2.41. The van der Waals surface area contributed by atoms with Crippen LogP contribution >= 0.6 is 11.8 Å². The van der Waals surface area contributed by atoms with Gasteiger partial charge in [0.1, 0.15) is 16.6 Å².